The summed E-state index contributed by atoms with van der Waals surface area (Å²) in [5.41, 5.74) is 0.668. The van der Waals surface area contributed by atoms with Crippen molar-refractivity contribution in [1.82, 2.24) is 0 Å². The average molecular weight is 273 g/mol. The highest BCUT2D eigenvalue weighted by molar-refractivity contribution is 9.10. The minimum Gasteiger partial charge on any atom is -0.490 e. The van der Waals surface area contributed by atoms with Gasteiger partial charge in [0.1, 0.15) is 12.4 Å². The lowest BCUT2D eigenvalue weighted by molar-refractivity contribution is 0.101. The van der Waals surface area contributed by atoms with Crippen LogP contribution in [0.5, 0.6) is 5.75 Å². The minimum atomic E-state index is 0.0409. The van der Waals surface area contributed by atoms with E-state index in [9.17, 15) is 4.79 Å². The van der Waals surface area contributed by atoms with Crippen LogP contribution in [0.4, 0.5) is 0 Å². The molecule has 0 atom stereocenters. The van der Waals surface area contributed by atoms with Gasteiger partial charge in [0, 0.05) is 12.7 Å². The molecule has 0 aromatic heterocycles. The van der Waals surface area contributed by atoms with Crippen LogP contribution in [0.25, 0.3) is 0 Å². The van der Waals surface area contributed by atoms with Crippen molar-refractivity contribution in [3.63, 3.8) is 0 Å². The maximum Gasteiger partial charge on any atom is 0.159 e. The number of benzene rings is 1. The fourth-order valence-corrected chi connectivity index (χ4v) is 1.57. The number of carbonyl (C=O) groups is 1. The second-order valence-corrected chi connectivity index (χ2v) is 3.90. The molecular formula is C11H13BrO3. The molecular weight excluding hydrogens is 260 g/mol. The smallest absolute Gasteiger partial charge is 0.159 e. The summed E-state index contributed by atoms with van der Waals surface area (Å²) in [5.74, 6) is 0.760. The summed E-state index contributed by atoms with van der Waals surface area (Å²) in [5, 5.41) is 0. The van der Waals surface area contributed by atoms with Crippen molar-refractivity contribution in [3.8, 4) is 5.75 Å². The zero-order valence-corrected chi connectivity index (χ0v) is 10.3. The summed E-state index contributed by atoms with van der Waals surface area (Å²) in [6, 6.07) is 5.27. The number of hydrogen-bond donors (Lipinski definition) is 0. The van der Waals surface area contributed by atoms with Crippen molar-refractivity contribution in [2.24, 2.45) is 0 Å². The van der Waals surface area contributed by atoms with Gasteiger partial charge in [-0.15, -0.1) is 0 Å². The fraction of sp³-hybridized carbons (Fsp3) is 0.364. The molecule has 0 unspecified atom stereocenters. The van der Waals surface area contributed by atoms with Gasteiger partial charge in [0.05, 0.1) is 11.1 Å². The Hall–Kier alpha value is -0.870. The molecule has 0 saturated heterocycles. The monoisotopic (exact) mass is 272 g/mol. The number of rotatable bonds is 5. The molecule has 0 aliphatic heterocycles. The van der Waals surface area contributed by atoms with Crippen molar-refractivity contribution < 1.29 is 14.3 Å². The normalized spacial score (nSPS) is 10.1. The lowest BCUT2D eigenvalue weighted by Gasteiger charge is -2.08. The molecule has 0 N–H and O–H groups in total. The van der Waals surface area contributed by atoms with Gasteiger partial charge >= 0.3 is 0 Å². The Morgan fingerprint density at radius 2 is 2.13 bits per heavy atom. The molecule has 1 rings (SSSR count). The average Bonchev–Trinajstić information content (AvgIpc) is 2.20. The molecule has 1 aromatic rings. The summed E-state index contributed by atoms with van der Waals surface area (Å²) >= 11 is 3.35. The van der Waals surface area contributed by atoms with Crippen LogP contribution in [-0.4, -0.2) is 26.1 Å². The first-order valence-electron chi connectivity index (χ1n) is 4.57. The number of ketones is 1. The maximum absolute atomic E-state index is 11.1. The lowest BCUT2D eigenvalue weighted by Crippen LogP contribution is -2.05. The van der Waals surface area contributed by atoms with E-state index in [2.05, 4.69) is 15.9 Å². The Balaban J connectivity index is 2.70. The van der Waals surface area contributed by atoms with Crippen molar-refractivity contribution in [2.45, 2.75) is 6.92 Å². The van der Waals surface area contributed by atoms with Gasteiger partial charge in [0.2, 0.25) is 0 Å². The van der Waals surface area contributed by atoms with Crippen LogP contribution >= 0.6 is 15.9 Å². The van der Waals surface area contributed by atoms with Gasteiger partial charge in [-0.3, -0.25) is 4.79 Å². The molecule has 0 heterocycles. The summed E-state index contributed by atoms with van der Waals surface area (Å²) in [6.45, 7) is 2.57. The third-order valence-electron chi connectivity index (χ3n) is 1.88. The maximum atomic E-state index is 11.1. The van der Waals surface area contributed by atoms with Crippen molar-refractivity contribution in [1.29, 1.82) is 0 Å². The molecule has 0 aliphatic rings. The first kappa shape index (κ1) is 12.2. The largest absolute Gasteiger partial charge is 0.490 e. The van der Waals surface area contributed by atoms with Crippen molar-refractivity contribution >= 4 is 21.7 Å². The Morgan fingerprint density at radius 3 is 2.67 bits per heavy atom. The quantitative estimate of drug-likeness (QED) is 0.611. The highest BCUT2D eigenvalue weighted by atomic mass is 79.9. The summed E-state index contributed by atoms with van der Waals surface area (Å²) in [6.07, 6.45) is 0. The molecule has 0 spiro atoms. The summed E-state index contributed by atoms with van der Waals surface area (Å²) < 4.78 is 11.1. The van der Waals surface area contributed by atoms with Crippen LogP contribution in [0.1, 0.15) is 17.3 Å². The third kappa shape index (κ3) is 3.64. The lowest BCUT2D eigenvalue weighted by atomic mass is 10.1. The van der Waals surface area contributed by atoms with E-state index in [1.807, 2.05) is 0 Å². The van der Waals surface area contributed by atoms with E-state index in [0.717, 1.165) is 10.2 Å². The Morgan fingerprint density at radius 1 is 1.40 bits per heavy atom. The van der Waals surface area contributed by atoms with Gasteiger partial charge < -0.3 is 9.47 Å². The Bertz CT molecular complexity index is 350. The number of hydrogen-bond acceptors (Lipinski definition) is 3. The van der Waals surface area contributed by atoms with Crippen molar-refractivity contribution in [2.75, 3.05) is 20.3 Å². The summed E-state index contributed by atoms with van der Waals surface area (Å²) in [4.78, 5) is 11.1. The molecule has 0 aliphatic carbocycles. The van der Waals surface area contributed by atoms with E-state index in [0.29, 0.717) is 18.8 Å². The number of methoxy groups -OCH3 is 1. The number of ether oxygens (including phenoxy) is 2. The number of halogens is 1. The van der Waals surface area contributed by atoms with Crippen molar-refractivity contribution in [3.05, 3.63) is 28.2 Å². The van der Waals surface area contributed by atoms with Crippen LogP contribution in [0.2, 0.25) is 0 Å². The molecule has 0 bridgehead atoms. The van der Waals surface area contributed by atoms with E-state index in [4.69, 9.17) is 9.47 Å². The zero-order valence-electron chi connectivity index (χ0n) is 8.75. The summed E-state index contributed by atoms with van der Waals surface area (Å²) in [7, 11) is 1.62. The van der Waals surface area contributed by atoms with E-state index < -0.39 is 0 Å². The van der Waals surface area contributed by atoms with Gasteiger partial charge in [-0.25, -0.2) is 0 Å². The van der Waals surface area contributed by atoms with Gasteiger partial charge in [-0.05, 0) is 41.1 Å². The molecule has 3 nitrogen and oxygen atoms in total. The molecule has 0 amide bonds. The molecule has 0 saturated carbocycles. The predicted octanol–water partition coefficient (Wildman–Crippen LogP) is 2.68. The van der Waals surface area contributed by atoms with E-state index in [1.54, 1.807) is 25.3 Å². The van der Waals surface area contributed by atoms with Crippen LogP contribution < -0.4 is 4.74 Å². The standard InChI is InChI=1S/C11H13BrO3/c1-8(13)9-3-4-11(10(12)7-9)15-6-5-14-2/h3-4,7H,5-6H2,1-2H3. The van der Waals surface area contributed by atoms with Crippen LogP contribution in [0.15, 0.2) is 22.7 Å². The van der Waals surface area contributed by atoms with Gasteiger partial charge in [-0.1, -0.05) is 0 Å². The van der Waals surface area contributed by atoms with Gasteiger partial charge in [0.15, 0.2) is 5.78 Å². The van der Waals surface area contributed by atoms with E-state index in [-0.39, 0.29) is 5.78 Å². The highest BCUT2D eigenvalue weighted by Crippen LogP contribution is 2.26. The Labute approximate surface area is 97.5 Å². The minimum absolute atomic E-state index is 0.0409. The molecule has 1 aromatic carbocycles. The Kier molecular flexibility index (Phi) is 4.78. The zero-order chi connectivity index (χ0) is 11.3. The van der Waals surface area contributed by atoms with E-state index >= 15 is 0 Å². The molecule has 0 radical (unpaired) electrons. The fourth-order valence-electron chi connectivity index (χ4n) is 1.07. The first-order chi connectivity index (χ1) is 7.15. The molecule has 82 valence electrons. The molecule has 15 heavy (non-hydrogen) atoms. The van der Waals surface area contributed by atoms with Gasteiger partial charge in [0.25, 0.3) is 0 Å². The van der Waals surface area contributed by atoms with Crippen LogP contribution in [-0.2, 0) is 4.74 Å². The van der Waals surface area contributed by atoms with Gasteiger partial charge in [-0.2, -0.15) is 0 Å². The molecule has 4 heteroatoms. The van der Waals surface area contributed by atoms with Crippen LogP contribution in [0, 0.1) is 0 Å². The second kappa shape index (κ2) is 5.88. The topological polar surface area (TPSA) is 35.5 Å². The SMILES string of the molecule is COCCOc1ccc(C(C)=O)cc1Br. The second-order valence-electron chi connectivity index (χ2n) is 3.04. The highest BCUT2D eigenvalue weighted by Gasteiger charge is 2.05. The number of Topliss-reactive ketones (excluding diaryl/α,β-unsaturated/α-hetero) is 1. The first-order valence-corrected chi connectivity index (χ1v) is 5.36. The van der Waals surface area contributed by atoms with E-state index in [1.165, 1.54) is 6.92 Å². The third-order valence-corrected chi connectivity index (χ3v) is 2.50. The molecule has 0 fully saturated rings. The number of carbonyl (C=O) groups excluding carboxylic acids is 1. The van der Waals surface area contributed by atoms with Crippen LogP contribution in [0.3, 0.4) is 0 Å². The predicted molar refractivity (Wildman–Crippen MR) is 61.5 cm³/mol.